The summed E-state index contributed by atoms with van der Waals surface area (Å²) >= 11 is 5.75. The van der Waals surface area contributed by atoms with Gasteiger partial charge in [-0.15, -0.1) is 0 Å². The molecule has 0 radical (unpaired) electrons. The molecule has 16 heavy (non-hydrogen) atoms. The van der Waals surface area contributed by atoms with Crippen LogP contribution in [-0.4, -0.2) is 9.97 Å². The molecule has 0 spiro atoms. The zero-order valence-corrected chi connectivity index (χ0v) is 9.70. The van der Waals surface area contributed by atoms with Gasteiger partial charge in [-0.25, -0.2) is 9.97 Å². The Hall–Kier alpha value is -1.45. The summed E-state index contributed by atoms with van der Waals surface area (Å²) in [4.78, 5) is 8.02. The largest absolute Gasteiger partial charge is 0.326 e. The average molecular weight is 234 g/mol. The van der Waals surface area contributed by atoms with Crippen LogP contribution in [0.5, 0.6) is 0 Å². The number of rotatable bonds is 2. The zero-order valence-electron chi connectivity index (χ0n) is 8.94. The lowest BCUT2D eigenvalue weighted by atomic mass is 10.0. The van der Waals surface area contributed by atoms with E-state index in [0.29, 0.717) is 6.54 Å². The van der Waals surface area contributed by atoms with Crippen molar-refractivity contribution in [3.8, 4) is 11.3 Å². The molecule has 0 fully saturated rings. The Kier molecular flexibility index (Phi) is 3.17. The van der Waals surface area contributed by atoms with Gasteiger partial charge in [0.1, 0.15) is 0 Å². The molecule has 0 saturated heterocycles. The van der Waals surface area contributed by atoms with Crippen molar-refractivity contribution in [1.29, 1.82) is 0 Å². The molecule has 1 aromatic heterocycles. The standard InChI is InChI=1S/C12H12ClN3/c1-8-6-9(2-3-10(8)7-14)11-4-5-15-12(13)16-11/h2-6H,7,14H2,1H3. The summed E-state index contributed by atoms with van der Waals surface area (Å²) in [6.07, 6.45) is 1.65. The van der Waals surface area contributed by atoms with Gasteiger partial charge in [-0.1, -0.05) is 12.1 Å². The first-order chi connectivity index (χ1) is 7.70. The Morgan fingerprint density at radius 2 is 2.12 bits per heavy atom. The van der Waals surface area contributed by atoms with Crippen LogP contribution in [0, 0.1) is 6.92 Å². The Morgan fingerprint density at radius 1 is 1.31 bits per heavy atom. The SMILES string of the molecule is Cc1cc(-c2ccnc(Cl)n2)ccc1CN. The number of nitrogens with zero attached hydrogens (tertiary/aromatic N) is 2. The molecule has 0 unspecified atom stereocenters. The Bertz CT molecular complexity index is 511. The third-order valence-electron chi connectivity index (χ3n) is 2.48. The quantitative estimate of drug-likeness (QED) is 0.812. The number of aromatic nitrogens is 2. The molecule has 0 aliphatic rings. The third-order valence-corrected chi connectivity index (χ3v) is 2.67. The van der Waals surface area contributed by atoms with Gasteiger partial charge >= 0.3 is 0 Å². The van der Waals surface area contributed by atoms with Crippen LogP contribution in [-0.2, 0) is 6.54 Å². The highest BCUT2D eigenvalue weighted by molar-refractivity contribution is 6.28. The molecule has 0 atom stereocenters. The predicted molar refractivity (Wildman–Crippen MR) is 65.1 cm³/mol. The minimum atomic E-state index is 0.262. The van der Waals surface area contributed by atoms with Crippen LogP contribution >= 0.6 is 11.6 Å². The van der Waals surface area contributed by atoms with Crippen molar-refractivity contribution in [2.75, 3.05) is 0 Å². The van der Waals surface area contributed by atoms with Crippen LogP contribution < -0.4 is 5.73 Å². The van der Waals surface area contributed by atoms with Gasteiger partial charge in [0.05, 0.1) is 5.69 Å². The van der Waals surface area contributed by atoms with E-state index in [1.807, 2.05) is 25.1 Å². The molecule has 0 saturated carbocycles. The fraction of sp³-hybridized carbons (Fsp3) is 0.167. The van der Waals surface area contributed by atoms with Gasteiger partial charge < -0.3 is 5.73 Å². The first-order valence-electron chi connectivity index (χ1n) is 4.99. The van der Waals surface area contributed by atoms with Crippen molar-refractivity contribution in [2.24, 2.45) is 5.73 Å². The first-order valence-corrected chi connectivity index (χ1v) is 5.37. The van der Waals surface area contributed by atoms with E-state index < -0.39 is 0 Å². The molecular weight excluding hydrogens is 222 g/mol. The number of nitrogens with two attached hydrogens (primary N) is 1. The summed E-state index contributed by atoms with van der Waals surface area (Å²) in [6.45, 7) is 2.59. The second-order valence-corrected chi connectivity index (χ2v) is 3.89. The van der Waals surface area contributed by atoms with E-state index in [1.54, 1.807) is 6.20 Å². The summed E-state index contributed by atoms with van der Waals surface area (Å²) in [5.41, 5.74) is 9.77. The Balaban J connectivity index is 2.45. The lowest BCUT2D eigenvalue weighted by Gasteiger charge is -2.06. The molecule has 1 heterocycles. The van der Waals surface area contributed by atoms with E-state index in [2.05, 4.69) is 16.0 Å². The van der Waals surface area contributed by atoms with Gasteiger partial charge in [0.15, 0.2) is 0 Å². The third kappa shape index (κ3) is 2.21. The number of hydrogen-bond acceptors (Lipinski definition) is 3. The first kappa shape index (κ1) is 11.0. The second-order valence-electron chi connectivity index (χ2n) is 3.56. The fourth-order valence-electron chi connectivity index (χ4n) is 1.58. The van der Waals surface area contributed by atoms with Crippen LogP contribution in [0.25, 0.3) is 11.3 Å². The van der Waals surface area contributed by atoms with Gasteiger partial charge in [0, 0.05) is 18.3 Å². The minimum Gasteiger partial charge on any atom is -0.326 e. The lowest BCUT2D eigenvalue weighted by molar-refractivity contribution is 1.05. The summed E-state index contributed by atoms with van der Waals surface area (Å²) < 4.78 is 0. The number of benzene rings is 1. The molecule has 1 aromatic carbocycles. The topological polar surface area (TPSA) is 51.8 Å². The second kappa shape index (κ2) is 4.60. The molecule has 0 bridgehead atoms. The van der Waals surface area contributed by atoms with Gasteiger partial charge in [0.2, 0.25) is 5.28 Å². The molecule has 2 aromatic rings. The van der Waals surface area contributed by atoms with Crippen LogP contribution in [0.2, 0.25) is 5.28 Å². The van der Waals surface area contributed by atoms with E-state index in [4.69, 9.17) is 17.3 Å². The van der Waals surface area contributed by atoms with Crippen molar-refractivity contribution in [1.82, 2.24) is 9.97 Å². The van der Waals surface area contributed by atoms with Crippen molar-refractivity contribution in [2.45, 2.75) is 13.5 Å². The minimum absolute atomic E-state index is 0.262. The van der Waals surface area contributed by atoms with Gasteiger partial charge in [0.25, 0.3) is 0 Å². The highest BCUT2D eigenvalue weighted by atomic mass is 35.5. The van der Waals surface area contributed by atoms with Crippen molar-refractivity contribution in [3.63, 3.8) is 0 Å². The van der Waals surface area contributed by atoms with Gasteiger partial charge in [-0.05, 0) is 41.8 Å². The van der Waals surface area contributed by atoms with Gasteiger partial charge in [-0.2, -0.15) is 0 Å². The van der Waals surface area contributed by atoms with Crippen molar-refractivity contribution >= 4 is 11.6 Å². The number of halogens is 1. The lowest BCUT2D eigenvalue weighted by Crippen LogP contribution is -1.99. The Labute approximate surface area is 99.3 Å². The molecule has 4 heteroatoms. The fourth-order valence-corrected chi connectivity index (χ4v) is 1.73. The summed E-state index contributed by atoms with van der Waals surface area (Å²) in [6, 6.07) is 7.90. The maximum atomic E-state index is 5.75. The molecule has 0 aliphatic heterocycles. The average Bonchev–Trinajstić information content (AvgIpc) is 2.29. The van der Waals surface area contributed by atoms with Crippen LogP contribution in [0.1, 0.15) is 11.1 Å². The number of aryl methyl sites for hydroxylation is 1. The molecule has 3 nitrogen and oxygen atoms in total. The molecule has 82 valence electrons. The number of hydrogen-bond donors (Lipinski definition) is 1. The van der Waals surface area contributed by atoms with Crippen LogP contribution in [0.4, 0.5) is 0 Å². The Morgan fingerprint density at radius 3 is 2.75 bits per heavy atom. The molecule has 0 amide bonds. The predicted octanol–water partition coefficient (Wildman–Crippen LogP) is 2.56. The maximum absolute atomic E-state index is 5.75. The molecule has 0 aliphatic carbocycles. The van der Waals surface area contributed by atoms with Crippen molar-refractivity contribution < 1.29 is 0 Å². The van der Waals surface area contributed by atoms with Gasteiger partial charge in [-0.3, -0.25) is 0 Å². The maximum Gasteiger partial charge on any atom is 0.222 e. The van der Waals surface area contributed by atoms with Crippen LogP contribution in [0.15, 0.2) is 30.5 Å². The highest BCUT2D eigenvalue weighted by Crippen LogP contribution is 2.20. The van der Waals surface area contributed by atoms with E-state index in [9.17, 15) is 0 Å². The molecule has 2 N–H and O–H groups in total. The summed E-state index contributed by atoms with van der Waals surface area (Å²) in [5, 5.41) is 0.262. The normalized spacial score (nSPS) is 10.4. The summed E-state index contributed by atoms with van der Waals surface area (Å²) in [7, 11) is 0. The van der Waals surface area contributed by atoms with Crippen molar-refractivity contribution in [3.05, 3.63) is 46.9 Å². The highest BCUT2D eigenvalue weighted by Gasteiger charge is 2.03. The molecular formula is C12H12ClN3. The van der Waals surface area contributed by atoms with Crippen LogP contribution in [0.3, 0.4) is 0 Å². The zero-order chi connectivity index (χ0) is 11.5. The van der Waals surface area contributed by atoms with E-state index >= 15 is 0 Å². The monoisotopic (exact) mass is 233 g/mol. The van der Waals surface area contributed by atoms with E-state index in [1.165, 1.54) is 0 Å². The van der Waals surface area contributed by atoms with E-state index in [-0.39, 0.29) is 5.28 Å². The smallest absolute Gasteiger partial charge is 0.222 e. The summed E-state index contributed by atoms with van der Waals surface area (Å²) in [5.74, 6) is 0. The van der Waals surface area contributed by atoms with E-state index in [0.717, 1.165) is 22.4 Å². The molecule has 2 rings (SSSR count).